The molecule has 2 aromatic carbocycles. The molecule has 2 nitrogen and oxygen atoms in total. The summed E-state index contributed by atoms with van der Waals surface area (Å²) >= 11 is 0. The molecule has 25 heavy (non-hydrogen) atoms. The van der Waals surface area contributed by atoms with E-state index < -0.39 is 0 Å². The Hall–Kier alpha value is -2.94. The summed E-state index contributed by atoms with van der Waals surface area (Å²) in [6, 6.07) is 19.6. The Morgan fingerprint density at radius 2 is 1.80 bits per heavy atom. The molecule has 0 spiro atoms. The normalized spacial score (nSPS) is 11.1. The first kappa shape index (κ1) is 15.6. The molecule has 0 aliphatic heterocycles. The summed E-state index contributed by atoms with van der Waals surface area (Å²) in [6.07, 6.45) is 4.52. The predicted molar refractivity (Wildman–Crippen MR) is 99.2 cm³/mol. The molecule has 0 aliphatic rings. The van der Waals surface area contributed by atoms with Crippen molar-refractivity contribution < 1.29 is 4.39 Å². The van der Waals surface area contributed by atoms with Gasteiger partial charge in [0.15, 0.2) is 0 Å². The van der Waals surface area contributed by atoms with Gasteiger partial charge in [0.2, 0.25) is 0 Å². The third kappa shape index (κ3) is 3.31. The maximum absolute atomic E-state index is 13.2. The molecular weight excluding hydrogens is 311 g/mol. The molecule has 0 radical (unpaired) electrons. The van der Waals surface area contributed by atoms with E-state index in [2.05, 4.69) is 46.8 Å². The SMILES string of the molecule is Cc1ccc2c(c1)cc(Cc1cccnc1)n2Cc1ccc(F)cc1. The van der Waals surface area contributed by atoms with Crippen LogP contribution in [0.25, 0.3) is 10.9 Å². The van der Waals surface area contributed by atoms with Crippen LogP contribution in [0.2, 0.25) is 0 Å². The van der Waals surface area contributed by atoms with Gasteiger partial charge in [0, 0.05) is 42.0 Å². The average Bonchev–Trinajstić information content (AvgIpc) is 2.94. The minimum atomic E-state index is -0.202. The fraction of sp³-hybridized carbons (Fsp3) is 0.136. The number of aromatic nitrogens is 2. The number of pyridine rings is 1. The Morgan fingerprint density at radius 1 is 0.960 bits per heavy atom. The standard InChI is InChI=1S/C22H19FN2/c1-16-4-9-22-19(11-16)13-21(12-18-3-2-10-24-14-18)25(22)15-17-5-7-20(23)8-6-17/h2-11,13-14H,12,15H2,1H3. The number of benzene rings is 2. The van der Waals surface area contributed by atoms with Crippen LogP contribution in [0.15, 0.2) is 73.1 Å². The van der Waals surface area contributed by atoms with Crippen molar-refractivity contribution in [2.24, 2.45) is 0 Å². The van der Waals surface area contributed by atoms with E-state index in [9.17, 15) is 4.39 Å². The van der Waals surface area contributed by atoms with Crippen LogP contribution in [0.4, 0.5) is 4.39 Å². The summed E-state index contributed by atoms with van der Waals surface area (Å²) in [6.45, 7) is 2.83. The second kappa shape index (κ2) is 6.52. The van der Waals surface area contributed by atoms with Gasteiger partial charge in [-0.2, -0.15) is 0 Å². The molecule has 0 unspecified atom stereocenters. The third-order valence-electron chi connectivity index (χ3n) is 4.50. The van der Waals surface area contributed by atoms with E-state index >= 15 is 0 Å². The summed E-state index contributed by atoms with van der Waals surface area (Å²) in [4.78, 5) is 4.22. The van der Waals surface area contributed by atoms with Crippen LogP contribution in [-0.4, -0.2) is 9.55 Å². The van der Waals surface area contributed by atoms with Crippen LogP contribution >= 0.6 is 0 Å². The van der Waals surface area contributed by atoms with Crippen LogP contribution in [0.1, 0.15) is 22.4 Å². The van der Waals surface area contributed by atoms with Crippen molar-refractivity contribution in [1.29, 1.82) is 0 Å². The van der Waals surface area contributed by atoms with Gasteiger partial charge in [-0.25, -0.2) is 4.39 Å². The van der Waals surface area contributed by atoms with Gasteiger partial charge >= 0.3 is 0 Å². The van der Waals surface area contributed by atoms with Crippen molar-refractivity contribution in [3.05, 3.63) is 101 Å². The van der Waals surface area contributed by atoms with Crippen LogP contribution in [0.5, 0.6) is 0 Å². The summed E-state index contributed by atoms with van der Waals surface area (Å²) < 4.78 is 15.5. The molecule has 0 aliphatic carbocycles. The summed E-state index contributed by atoms with van der Waals surface area (Å²) in [5.74, 6) is -0.202. The number of nitrogens with zero attached hydrogens (tertiary/aromatic N) is 2. The second-order valence-electron chi connectivity index (χ2n) is 6.45. The maximum atomic E-state index is 13.2. The van der Waals surface area contributed by atoms with Crippen molar-refractivity contribution in [1.82, 2.24) is 9.55 Å². The Morgan fingerprint density at radius 3 is 2.56 bits per heavy atom. The lowest BCUT2D eigenvalue weighted by atomic mass is 10.1. The number of rotatable bonds is 4. The molecule has 2 heterocycles. The minimum Gasteiger partial charge on any atom is -0.340 e. The largest absolute Gasteiger partial charge is 0.340 e. The van der Waals surface area contributed by atoms with E-state index in [-0.39, 0.29) is 5.82 Å². The van der Waals surface area contributed by atoms with Gasteiger partial charge in [0.1, 0.15) is 5.82 Å². The first-order chi connectivity index (χ1) is 12.2. The zero-order chi connectivity index (χ0) is 17.2. The lowest BCUT2D eigenvalue weighted by molar-refractivity contribution is 0.626. The monoisotopic (exact) mass is 330 g/mol. The molecule has 0 saturated heterocycles. The predicted octanol–water partition coefficient (Wildman–Crippen LogP) is 5.12. The molecule has 2 aromatic heterocycles. The zero-order valence-electron chi connectivity index (χ0n) is 14.1. The highest BCUT2D eigenvalue weighted by Gasteiger charge is 2.10. The summed E-state index contributed by atoms with van der Waals surface area (Å²) in [5, 5.41) is 1.24. The quantitative estimate of drug-likeness (QED) is 0.507. The highest BCUT2D eigenvalue weighted by Crippen LogP contribution is 2.24. The fourth-order valence-electron chi connectivity index (χ4n) is 3.26. The van der Waals surface area contributed by atoms with E-state index in [4.69, 9.17) is 0 Å². The molecule has 4 rings (SSSR count). The molecule has 0 atom stereocenters. The smallest absolute Gasteiger partial charge is 0.123 e. The lowest BCUT2D eigenvalue weighted by Gasteiger charge is -2.11. The number of halogens is 1. The van der Waals surface area contributed by atoms with Crippen LogP contribution in [0, 0.1) is 12.7 Å². The van der Waals surface area contributed by atoms with Crippen molar-refractivity contribution in [3.63, 3.8) is 0 Å². The van der Waals surface area contributed by atoms with Crippen molar-refractivity contribution in [2.45, 2.75) is 19.9 Å². The number of hydrogen-bond donors (Lipinski definition) is 0. The van der Waals surface area contributed by atoms with E-state index in [0.29, 0.717) is 0 Å². The number of fused-ring (bicyclic) bond motifs is 1. The molecule has 0 saturated carbocycles. The Balaban J connectivity index is 1.78. The molecule has 0 N–H and O–H groups in total. The molecule has 0 fully saturated rings. The lowest BCUT2D eigenvalue weighted by Crippen LogP contribution is -2.05. The van der Waals surface area contributed by atoms with E-state index in [1.54, 1.807) is 6.20 Å². The molecule has 0 amide bonds. The van der Waals surface area contributed by atoms with Gasteiger partial charge in [-0.1, -0.05) is 29.8 Å². The van der Waals surface area contributed by atoms with Crippen molar-refractivity contribution in [3.8, 4) is 0 Å². The van der Waals surface area contributed by atoms with Crippen molar-refractivity contribution >= 4 is 10.9 Å². The summed E-state index contributed by atoms with van der Waals surface area (Å²) in [5.41, 5.74) is 5.96. The van der Waals surface area contributed by atoms with Gasteiger partial charge in [0.25, 0.3) is 0 Å². The number of hydrogen-bond acceptors (Lipinski definition) is 1. The molecule has 4 aromatic rings. The third-order valence-corrected chi connectivity index (χ3v) is 4.50. The van der Waals surface area contributed by atoms with Gasteiger partial charge < -0.3 is 4.57 Å². The zero-order valence-corrected chi connectivity index (χ0v) is 14.1. The fourth-order valence-corrected chi connectivity index (χ4v) is 3.26. The summed E-state index contributed by atoms with van der Waals surface area (Å²) in [7, 11) is 0. The Labute approximate surface area is 146 Å². The molecule has 124 valence electrons. The molecule has 0 bridgehead atoms. The first-order valence-corrected chi connectivity index (χ1v) is 8.41. The maximum Gasteiger partial charge on any atom is 0.123 e. The van der Waals surface area contributed by atoms with Gasteiger partial charge in [0.05, 0.1) is 0 Å². The minimum absolute atomic E-state index is 0.202. The van der Waals surface area contributed by atoms with E-state index in [1.165, 1.54) is 39.9 Å². The van der Waals surface area contributed by atoms with Crippen LogP contribution in [-0.2, 0) is 13.0 Å². The van der Waals surface area contributed by atoms with E-state index in [1.807, 2.05) is 24.4 Å². The Bertz CT molecular complexity index is 1000. The highest BCUT2D eigenvalue weighted by molar-refractivity contribution is 5.82. The average molecular weight is 330 g/mol. The van der Waals surface area contributed by atoms with Crippen LogP contribution in [0.3, 0.4) is 0 Å². The Kier molecular flexibility index (Phi) is 4.06. The van der Waals surface area contributed by atoms with E-state index in [0.717, 1.165) is 18.5 Å². The molecule has 3 heteroatoms. The van der Waals surface area contributed by atoms with Crippen LogP contribution < -0.4 is 0 Å². The van der Waals surface area contributed by atoms with Gasteiger partial charge in [-0.15, -0.1) is 0 Å². The second-order valence-corrected chi connectivity index (χ2v) is 6.45. The van der Waals surface area contributed by atoms with Gasteiger partial charge in [-0.3, -0.25) is 4.98 Å². The van der Waals surface area contributed by atoms with Gasteiger partial charge in [-0.05, 0) is 54.4 Å². The molecular formula is C22H19FN2. The first-order valence-electron chi connectivity index (χ1n) is 8.41. The number of aryl methyl sites for hydroxylation is 1. The topological polar surface area (TPSA) is 17.8 Å². The highest BCUT2D eigenvalue weighted by atomic mass is 19.1. The van der Waals surface area contributed by atoms with Crippen molar-refractivity contribution in [2.75, 3.05) is 0 Å².